The van der Waals surface area contributed by atoms with E-state index < -0.39 is 0 Å². The van der Waals surface area contributed by atoms with Gasteiger partial charge in [-0.15, -0.1) is 0 Å². The van der Waals surface area contributed by atoms with Gasteiger partial charge in [0.2, 0.25) is 0 Å². The van der Waals surface area contributed by atoms with Crippen LogP contribution in [0.15, 0.2) is 6.07 Å². The molecule has 0 radical (unpaired) electrons. The predicted octanol–water partition coefficient (Wildman–Crippen LogP) is 2.34. The van der Waals surface area contributed by atoms with Crippen LogP contribution in [0.1, 0.15) is 61.8 Å². The molecule has 1 aliphatic carbocycles. The molecule has 3 heteroatoms. The molecule has 1 saturated carbocycles. The molecule has 1 aliphatic heterocycles. The van der Waals surface area contributed by atoms with E-state index in [-0.39, 0.29) is 0 Å². The van der Waals surface area contributed by atoms with Crippen molar-refractivity contribution in [2.45, 2.75) is 51.0 Å². The van der Waals surface area contributed by atoms with Crippen LogP contribution < -0.4 is 5.32 Å². The number of aromatic nitrogens is 2. The molecule has 86 valence electrons. The first-order valence-electron chi connectivity index (χ1n) is 6.48. The zero-order chi connectivity index (χ0) is 11.0. The van der Waals surface area contributed by atoms with E-state index in [2.05, 4.69) is 23.3 Å². The summed E-state index contributed by atoms with van der Waals surface area (Å²) in [6.07, 6.45) is 6.10. The zero-order valence-corrected chi connectivity index (χ0v) is 9.87. The quantitative estimate of drug-likeness (QED) is 0.844. The van der Waals surface area contributed by atoms with E-state index in [4.69, 9.17) is 4.98 Å². The molecule has 1 N–H and O–H groups in total. The number of aryl methyl sites for hydroxylation is 1. The van der Waals surface area contributed by atoms with Crippen LogP contribution >= 0.6 is 0 Å². The van der Waals surface area contributed by atoms with E-state index in [1.165, 1.54) is 37.1 Å². The Morgan fingerprint density at radius 2 is 2.19 bits per heavy atom. The summed E-state index contributed by atoms with van der Waals surface area (Å²) in [6, 6.07) is 2.61. The van der Waals surface area contributed by atoms with Crippen LogP contribution in [0.3, 0.4) is 0 Å². The molecule has 1 aromatic heterocycles. The van der Waals surface area contributed by atoms with Crippen molar-refractivity contribution < 1.29 is 0 Å². The lowest BCUT2D eigenvalue weighted by molar-refractivity contribution is 0.595. The van der Waals surface area contributed by atoms with Gasteiger partial charge in [-0.1, -0.05) is 6.92 Å². The molecular formula is C13H19N3. The number of rotatable bonds is 3. The van der Waals surface area contributed by atoms with Crippen LogP contribution in [0.25, 0.3) is 0 Å². The summed E-state index contributed by atoms with van der Waals surface area (Å²) in [5.41, 5.74) is 2.50. The van der Waals surface area contributed by atoms with Crippen LogP contribution in [-0.4, -0.2) is 16.5 Å². The van der Waals surface area contributed by atoms with Gasteiger partial charge in [0.05, 0.1) is 6.04 Å². The summed E-state index contributed by atoms with van der Waals surface area (Å²) in [4.78, 5) is 9.42. The Hall–Kier alpha value is -0.960. The molecule has 1 atom stereocenters. The van der Waals surface area contributed by atoms with E-state index in [0.29, 0.717) is 6.04 Å². The minimum Gasteiger partial charge on any atom is -0.307 e. The highest BCUT2D eigenvalue weighted by Crippen LogP contribution is 2.39. The van der Waals surface area contributed by atoms with Crippen molar-refractivity contribution in [3.63, 3.8) is 0 Å². The highest BCUT2D eigenvalue weighted by Gasteiger charge is 2.27. The van der Waals surface area contributed by atoms with Gasteiger partial charge < -0.3 is 5.32 Å². The van der Waals surface area contributed by atoms with Gasteiger partial charge in [0.25, 0.3) is 0 Å². The topological polar surface area (TPSA) is 37.8 Å². The molecule has 0 aromatic carbocycles. The SMILES string of the molecule is CCc1cc(C2CC2)nc(C2CCCN2)n1. The lowest BCUT2D eigenvalue weighted by Crippen LogP contribution is -2.17. The minimum atomic E-state index is 0.406. The second kappa shape index (κ2) is 4.13. The predicted molar refractivity (Wildman–Crippen MR) is 63.4 cm³/mol. The smallest absolute Gasteiger partial charge is 0.145 e. The second-order valence-corrected chi connectivity index (χ2v) is 4.92. The summed E-state index contributed by atoms with van der Waals surface area (Å²) in [5, 5.41) is 3.49. The third-order valence-corrected chi connectivity index (χ3v) is 3.55. The molecule has 2 fully saturated rings. The van der Waals surface area contributed by atoms with Crippen molar-refractivity contribution in [3.05, 3.63) is 23.3 Å². The van der Waals surface area contributed by atoms with Crippen molar-refractivity contribution >= 4 is 0 Å². The van der Waals surface area contributed by atoms with Crippen LogP contribution in [0.4, 0.5) is 0 Å². The molecule has 1 unspecified atom stereocenters. The van der Waals surface area contributed by atoms with E-state index in [9.17, 15) is 0 Å². The molecule has 0 spiro atoms. The Labute approximate surface area is 96.7 Å². The van der Waals surface area contributed by atoms with Crippen LogP contribution in [0.2, 0.25) is 0 Å². The highest BCUT2D eigenvalue weighted by atomic mass is 15.0. The fourth-order valence-electron chi connectivity index (χ4n) is 2.37. The number of nitrogens with one attached hydrogen (secondary N) is 1. The van der Waals surface area contributed by atoms with Gasteiger partial charge in [-0.05, 0) is 44.7 Å². The van der Waals surface area contributed by atoms with Crippen LogP contribution in [0, 0.1) is 0 Å². The monoisotopic (exact) mass is 217 g/mol. The molecular weight excluding hydrogens is 198 g/mol. The number of hydrogen-bond acceptors (Lipinski definition) is 3. The summed E-state index contributed by atoms with van der Waals surface area (Å²) in [6.45, 7) is 3.29. The van der Waals surface area contributed by atoms with Gasteiger partial charge in [0.15, 0.2) is 0 Å². The molecule has 3 rings (SSSR count). The molecule has 0 bridgehead atoms. The Kier molecular flexibility index (Phi) is 2.64. The molecule has 3 nitrogen and oxygen atoms in total. The summed E-state index contributed by atoms with van der Waals surface area (Å²) >= 11 is 0. The lowest BCUT2D eigenvalue weighted by Gasteiger charge is -2.11. The van der Waals surface area contributed by atoms with E-state index >= 15 is 0 Å². The van der Waals surface area contributed by atoms with Gasteiger partial charge in [0.1, 0.15) is 5.82 Å². The second-order valence-electron chi connectivity index (χ2n) is 4.92. The Morgan fingerprint density at radius 1 is 1.31 bits per heavy atom. The lowest BCUT2D eigenvalue weighted by atomic mass is 10.1. The maximum absolute atomic E-state index is 4.75. The van der Waals surface area contributed by atoms with Crippen molar-refractivity contribution in [1.82, 2.24) is 15.3 Å². The van der Waals surface area contributed by atoms with Crippen molar-refractivity contribution in [1.29, 1.82) is 0 Å². The maximum Gasteiger partial charge on any atom is 0.145 e. The zero-order valence-electron chi connectivity index (χ0n) is 9.87. The number of nitrogens with zero attached hydrogens (tertiary/aromatic N) is 2. The average Bonchev–Trinajstić information content (AvgIpc) is 3.04. The first-order valence-corrected chi connectivity index (χ1v) is 6.48. The first-order chi connectivity index (χ1) is 7.86. The highest BCUT2D eigenvalue weighted by molar-refractivity contribution is 5.20. The molecule has 1 aromatic rings. The first kappa shape index (κ1) is 10.2. The van der Waals surface area contributed by atoms with Crippen LogP contribution in [0.5, 0.6) is 0 Å². The fraction of sp³-hybridized carbons (Fsp3) is 0.692. The Balaban J connectivity index is 1.92. The standard InChI is InChI=1S/C13H19N3/c1-2-10-8-12(9-5-6-9)16-13(15-10)11-4-3-7-14-11/h8-9,11,14H,2-7H2,1H3. The third-order valence-electron chi connectivity index (χ3n) is 3.55. The van der Waals surface area contributed by atoms with E-state index in [1.807, 2.05) is 0 Å². The molecule has 2 aliphatic rings. The maximum atomic E-state index is 4.75. The van der Waals surface area contributed by atoms with Crippen molar-refractivity contribution in [2.24, 2.45) is 0 Å². The summed E-state index contributed by atoms with van der Waals surface area (Å²) in [7, 11) is 0. The van der Waals surface area contributed by atoms with Crippen molar-refractivity contribution in [2.75, 3.05) is 6.54 Å². The Bertz CT molecular complexity index is 379. The van der Waals surface area contributed by atoms with Gasteiger partial charge in [-0.2, -0.15) is 0 Å². The van der Waals surface area contributed by atoms with Gasteiger partial charge in [-0.3, -0.25) is 0 Å². The van der Waals surface area contributed by atoms with Crippen molar-refractivity contribution in [3.8, 4) is 0 Å². The summed E-state index contributed by atoms with van der Waals surface area (Å²) < 4.78 is 0. The molecule has 2 heterocycles. The molecule has 16 heavy (non-hydrogen) atoms. The van der Waals surface area contributed by atoms with Gasteiger partial charge >= 0.3 is 0 Å². The molecule has 0 amide bonds. The van der Waals surface area contributed by atoms with Gasteiger partial charge in [0, 0.05) is 17.3 Å². The van der Waals surface area contributed by atoms with E-state index in [1.54, 1.807) is 0 Å². The van der Waals surface area contributed by atoms with Gasteiger partial charge in [-0.25, -0.2) is 9.97 Å². The average molecular weight is 217 g/mol. The van der Waals surface area contributed by atoms with Crippen LogP contribution in [-0.2, 0) is 6.42 Å². The van der Waals surface area contributed by atoms with E-state index in [0.717, 1.165) is 24.7 Å². The fourth-order valence-corrected chi connectivity index (χ4v) is 2.37. The third kappa shape index (κ3) is 1.96. The normalized spacial score (nSPS) is 24.9. The minimum absolute atomic E-state index is 0.406. The number of hydrogen-bond donors (Lipinski definition) is 1. The Morgan fingerprint density at radius 3 is 2.81 bits per heavy atom. The largest absolute Gasteiger partial charge is 0.307 e. The summed E-state index contributed by atoms with van der Waals surface area (Å²) in [5.74, 6) is 1.77. The molecule has 1 saturated heterocycles.